The summed E-state index contributed by atoms with van der Waals surface area (Å²) >= 11 is 0. The standard InChI is InChI=1S/C15H22O/c1-15-12(6-4-8-14(15)16)10-9-11-5-2-3-7-13(11)15/h9-13H,2-8H2,1H3. The van der Waals surface area contributed by atoms with Crippen LogP contribution in [0.1, 0.15) is 51.9 Å². The minimum atomic E-state index is -0.00190. The van der Waals surface area contributed by atoms with Gasteiger partial charge in [0.15, 0.2) is 0 Å². The molecule has 0 aromatic carbocycles. The first-order chi connectivity index (χ1) is 7.73. The van der Waals surface area contributed by atoms with Gasteiger partial charge in [0.2, 0.25) is 0 Å². The van der Waals surface area contributed by atoms with Gasteiger partial charge in [-0.3, -0.25) is 4.79 Å². The summed E-state index contributed by atoms with van der Waals surface area (Å²) < 4.78 is 0. The molecule has 0 aromatic heterocycles. The van der Waals surface area contributed by atoms with E-state index in [4.69, 9.17) is 0 Å². The Morgan fingerprint density at radius 1 is 1.12 bits per heavy atom. The topological polar surface area (TPSA) is 17.1 Å². The molecular weight excluding hydrogens is 196 g/mol. The fourth-order valence-electron chi connectivity index (χ4n) is 4.45. The van der Waals surface area contributed by atoms with Crippen LogP contribution < -0.4 is 0 Å². The number of fused-ring (bicyclic) bond motifs is 3. The van der Waals surface area contributed by atoms with E-state index in [1.54, 1.807) is 0 Å². The number of hydrogen-bond donors (Lipinski definition) is 0. The molecule has 88 valence electrons. The number of hydrogen-bond acceptors (Lipinski definition) is 1. The normalized spacial score (nSPS) is 47.3. The van der Waals surface area contributed by atoms with E-state index in [0.717, 1.165) is 12.8 Å². The lowest BCUT2D eigenvalue weighted by molar-refractivity contribution is -0.140. The quantitative estimate of drug-likeness (QED) is 0.566. The van der Waals surface area contributed by atoms with Gasteiger partial charge in [0.1, 0.15) is 5.78 Å². The lowest BCUT2D eigenvalue weighted by Gasteiger charge is -2.51. The van der Waals surface area contributed by atoms with Crippen molar-refractivity contribution in [3.05, 3.63) is 12.2 Å². The first-order valence-electron chi connectivity index (χ1n) is 6.94. The molecule has 4 unspecified atom stereocenters. The van der Waals surface area contributed by atoms with Crippen molar-refractivity contribution in [2.24, 2.45) is 23.2 Å². The molecule has 0 aliphatic heterocycles. The van der Waals surface area contributed by atoms with E-state index < -0.39 is 0 Å². The Hall–Kier alpha value is -0.590. The Kier molecular flexibility index (Phi) is 2.45. The highest BCUT2D eigenvalue weighted by molar-refractivity contribution is 5.86. The van der Waals surface area contributed by atoms with Gasteiger partial charge < -0.3 is 0 Å². The highest BCUT2D eigenvalue weighted by Crippen LogP contribution is 2.54. The van der Waals surface area contributed by atoms with E-state index in [1.165, 1.54) is 32.1 Å². The molecule has 0 heterocycles. The van der Waals surface area contributed by atoms with E-state index in [9.17, 15) is 4.79 Å². The molecule has 0 aromatic rings. The van der Waals surface area contributed by atoms with Crippen LogP contribution in [0.2, 0.25) is 0 Å². The molecule has 3 rings (SSSR count). The summed E-state index contributed by atoms with van der Waals surface area (Å²) in [4.78, 5) is 12.4. The van der Waals surface area contributed by atoms with Gasteiger partial charge >= 0.3 is 0 Å². The number of allylic oxidation sites excluding steroid dienone is 2. The van der Waals surface area contributed by atoms with Crippen molar-refractivity contribution >= 4 is 5.78 Å². The molecule has 16 heavy (non-hydrogen) atoms. The van der Waals surface area contributed by atoms with Crippen LogP contribution >= 0.6 is 0 Å². The fourth-order valence-corrected chi connectivity index (χ4v) is 4.45. The van der Waals surface area contributed by atoms with Gasteiger partial charge in [-0.25, -0.2) is 0 Å². The average Bonchev–Trinajstić information content (AvgIpc) is 2.31. The van der Waals surface area contributed by atoms with E-state index in [1.807, 2.05) is 0 Å². The Morgan fingerprint density at radius 2 is 1.94 bits per heavy atom. The maximum absolute atomic E-state index is 12.4. The largest absolute Gasteiger partial charge is 0.299 e. The van der Waals surface area contributed by atoms with Gasteiger partial charge in [-0.2, -0.15) is 0 Å². The molecule has 1 nitrogen and oxygen atoms in total. The summed E-state index contributed by atoms with van der Waals surface area (Å²) in [5.74, 6) is 2.47. The molecule has 0 amide bonds. The predicted octanol–water partition coefficient (Wildman–Crippen LogP) is 3.74. The molecule has 1 heteroatoms. The Morgan fingerprint density at radius 3 is 2.81 bits per heavy atom. The van der Waals surface area contributed by atoms with Crippen LogP contribution in [0.3, 0.4) is 0 Å². The predicted molar refractivity (Wildman–Crippen MR) is 65.0 cm³/mol. The first kappa shape index (κ1) is 10.6. The molecule has 2 saturated carbocycles. The van der Waals surface area contributed by atoms with Crippen molar-refractivity contribution in [3.8, 4) is 0 Å². The van der Waals surface area contributed by atoms with Crippen LogP contribution in [-0.4, -0.2) is 5.78 Å². The molecule has 0 bridgehead atoms. The number of ketones is 1. The molecule has 3 aliphatic carbocycles. The highest BCUT2D eigenvalue weighted by atomic mass is 16.1. The third-order valence-corrected chi connectivity index (χ3v) is 5.47. The Bertz CT molecular complexity index is 330. The second-order valence-electron chi connectivity index (χ2n) is 6.14. The minimum absolute atomic E-state index is 0.00190. The smallest absolute Gasteiger partial charge is 0.139 e. The zero-order chi connectivity index (χ0) is 11.2. The van der Waals surface area contributed by atoms with Gasteiger partial charge in [0.05, 0.1) is 0 Å². The summed E-state index contributed by atoms with van der Waals surface area (Å²) in [6.45, 7) is 2.27. The summed E-state index contributed by atoms with van der Waals surface area (Å²) in [6, 6.07) is 0. The van der Waals surface area contributed by atoms with E-state index >= 15 is 0 Å². The minimum Gasteiger partial charge on any atom is -0.299 e. The Balaban J connectivity index is 1.99. The van der Waals surface area contributed by atoms with Crippen LogP contribution in [0.15, 0.2) is 12.2 Å². The molecular formula is C15H22O. The number of rotatable bonds is 0. The second kappa shape index (κ2) is 3.72. The van der Waals surface area contributed by atoms with Crippen molar-refractivity contribution in [1.29, 1.82) is 0 Å². The molecule has 4 atom stereocenters. The molecule has 0 N–H and O–H groups in total. The van der Waals surface area contributed by atoms with Crippen molar-refractivity contribution in [1.82, 2.24) is 0 Å². The van der Waals surface area contributed by atoms with E-state index in [2.05, 4.69) is 19.1 Å². The Labute approximate surface area is 98.3 Å². The fraction of sp³-hybridized carbons (Fsp3) is 0.800. The molecule has 0 saturated heterocycles. The molecule has 3 aliphatic rings. The van der Waals surface area contributed by atoms with E-state index in [0.29, 0.717) is 23.5 Å². The van der Waals surface area contributed by atoms with Crippen molar-refractivity contribution in [2.75, 3.05) is 0 Å². The summed E-state index contributed by atoms with van der Waals surface area (Å²) in [7, 11) is 0. The van der Waals surface area contributed by atoms with Crippen LogP contribution in [0, 0.1) is 23.2 Å². The summed E-state index contributed by atoms with van der Waals surface area (Å²) in [5.41, 5.74) is -0.00190. The van der Waals surface area contributed by atoms with Gasteiger partial charge in [-0.1, -0.05) is 31.9 Å². The van der Waals surface area contributed by atoms with Crippen LogP contribution in [0.25, 0.3) is 0 Å². The zero-order valence-corrected chi connectivity index (χ0v) is 10.2. The van der Waals surface area contributed by atoms with Crippen LogP contribution in [0.4, 0.5) is 0 Å². The van der Waals surface area contributed by atoms with Crippen LogP contribution in [0.5, 0.6) is 0 Å². The molecule has 0 radical (unpaired) electrons. The molecule has 0 spiro atoms. The highest BCUT2D eigenvalue weighted by Gasteiger charge is 2.51. The summed E-state index contributed by atoms with van der Waals surface area (Å²) in [5, 5.41) is 0. The maximum Gasteiger partial charge on any atom is 0.139 e. The lowest BCUT2D eigenvalue weighted by Crippen LogP contribution is -2.49. The van der Waals surface area contributed by atoms with Crippen molar-refractivity contribution < 1.29 is 4.79 Å². The SMILES string of the molecule is CC12C(=O)CCCC1C=CC1CCCCC12. The third-order valence-electron chi connectivity index (χ3n) is 5.47. The zero-order valence-electron chi connectivity index (χ0n) is 10.2. The van der Waals surface area contributed by atoms with E-state index in [-0.39, 0.29) is 5.41 Å². The average molecular weight is 218 g/mol. The van der Waals surface area contributed by atoms with Crippen molar-refractivity contribution in [2.45, 2.75) is 51.9 Å². The first-order valence-corrected chi connectivity index (χ1v) is 6.94. The van der Waals surface area contributed by atoms with Gasteiger partial charge in [-0.15, -0.1) is 0 Å². The number of carbonyl (C=O) groups excluding carboxylic acids is 1. The van der Waals surface area contributed by atoms with Gasteiger partial charge in [-0.05, 0) is 43.4 Å². The summed E-state index contributed by atoms with van der Waals surface area (Å²) in [6.07, 6.45) is 13.3. The second-order valence-corrected chi connectivity index (χ2v) is 6.14. The molecule has 2 fully saturated rings. The van der Waals surface area contributed by atoms with Crippen LogP contribution in [-0.2, 0) is 4.79 Å². The third kappa shape index (κ3) is 1.33. The van der Waals surface area contributed by atoms with Gasteiger partial charge in [0, 0.05) is 11.8 Å². The lowest BCUT2D eigenvalue weighted by atomic mass is 9.52. The number of Topliss-reactive ketones (excluding diaryl/α,β-unsaturated/α-hetero) is 1. The maximum atomic E-state index is 12.4. The van der Waals surface area contributed by atoms with Crippen molar-refractivity contribution in [3.63, 3.8) is 0 Å². The number of carbonyl (C=O) groups is 1. The monoisotopic (exact) mass is 218 g/mol. The van der Waals surface area contributed by atoms with Gasteiger partial charge in [0.25, 0.3) is 0 Å².